The predicted molar refractivity (Wildman–Crippen MR) is 95.0 cm³/mol. The van der Waals surface area contributed by atoms with Gasteiger partial charge in [-0.3, -0.25) is 9.78 Å². The number of carbonyl (C=O) groups excluding carboxylic acids is 1. The van der Waals surface area contributed by atoms with Gasteiger partial charge in [-0.05, 0) is 49.2 Å². The zero-order valence-corrected chi connectivity index (χ0v) is 14.1. The molecule has 0 aliphatic carbocycles. The first-order valence-electron chi connectivity index (χ1n) is 8.38. The van der Waals surface area contributed by atoms with E-state index in [1.807, 2.05) is 42.2 Å². The highest BCUT2D eigenvalue weighted by molar-refractivity contribution is 5.97. The van der Waals surface area contributed by atoms with Crippen molar-refractivity contribution in [2.24, 2.45) is 0 Å². The molecule has 0 aliphatic heterocycles. The van der Waals surface area contributed by atoms with Gasteiger partial charge in [0, 0.05) is 37.5 Å². The molecule has 0 saturated carbocycles. The van der Waals surface area contributed by atoms with Gasteiger partial charge in [0.1, 0.15) is 5.82 Å². The summed E-state index contributed by atoms with van der Waals surface area (Å²) >= 11 is 0. The van der Waals surface area contributed by atoms with Gasteiger partial charge < -0.3 is 9.88 Å². The van der Waals surface area contributed by atoms with Crippen LogP contribution in [0.5, 0.6) is 0 Å². The lowest BCUT2D eigenvalue weighted by atomic mass is 10.1. The topological polar surface area (TPSA) is 61.9 Å². The van der Waals surface area contributed by atoms with E-state index in [2.05, 4.69) is 21.9 Å². The van der Waals surface area contributed by atoms with Crippen molar-refractivity contribution >= 4 is 16.9 Å². The molecule has 0 bridgehead atoms. The van der Waals surface area contributed by atoms with Gasteiger partial charge in [0.05, 0.1) is 11.0 Å². The van der Waals surface area contributed by atoms with Crippen LogP contribution < -0.4 is 0 Å². The number of nitrogens with one attached hydrogen (secondary N) is 1. The van der Waals surface area contributed by atoms with Crippen molar-refractivity contribution < 1.29 is 4.79 Å². The molecular formula is C19H22N4O. The number of nitrogens with zero attached hydrogens (tertiary/aromatic N) is 3. The molecule has 2 heterocycles. The number of likely N-dealkylation sites (N-methyl/N-ethyl adjacent to an activating group) is 1. The molecule has 3 rings (SSSR count). The smallest absolute Gasteiger partial charge is 0.253 e. The van der Waals surface area contributed by atoms with Crippen LogP contribution >= 0.6 is 0 Å². The number of H-pyrrole nitrogens is 1. The molecule has 124 valence electrons. The van der Waals surface area contributed by atoms with Crippen molar-refractivity contribution in [2.75, 3.05) is 13.1 Å². The van der Waals surface area contributed by atoms with Crippen molar-refractivity contribution in [3.63, 3.8) is 0 Å². The molecule has 1 amide bonds. The Morgan fingerprint density at radius 2 is 1.96 bits per heavy atom. The highest BCUT2D eigenvalue weighted by atomic mass is 16.2. The molecule has 5 heteroatoms. The predicted octanol–water partition coefficient (Wildman–Crippen LogP) is 3.23. The Labute approximate surface area is 141 Å². The van der Waals surface area contributed by atoms with Crippen LogP contribution in [-0.4, -0.2) is 38.8 Å². The van der Waals surface area contributed by atoms with Gasteiger partial charge >= 0.3 is 0 Å². The number of carbonyl (C=O) groups is 1. The summed E-state index contributed by atoms with van der Waals surface area (Å²) in [4.78, 5) is 26.4. The van der Waals surface area contributed by atoms with Crippen molar-refractivity contribution in [1.29, 1.82) is 0 Å². The zero-order valence-electron chi connectivity index (χ0n) is 14.1. The summed E-state index contributed by atoms with van der Waals surface area (Å²) in [7, 11) is 0. The number of amides is 1. The summed E-state index contributed by atoms with van der Waals surface area (Å²) in [5.41, 5.74) is 3.71. The van der Waals surface area contributed by atoms with Gasteiger partial charge in [0.2, 0.25) is 0 Å². The van der Waals surface area contributed by atoms with Gasteiger partial charge in [-0.15, -0.1) is 0 Å². The molecule has 0 unspecified atom stereocenters. The molecule has 3 aromatic rings. The molecule has 2 aromatic heterocycles. The monoisotopic (exact) mass is 322 g/mol. The molecule has 5 nitrogen and oxygen atoms in total. The van der Waals surface area contributed by atoms with Gasteiger partial charge in [-0.1, -0.05) is 6.92 Å². The van der Waals surface area contributed by atoms with E-state index in [1.165, 1.54) is 5.56 Å². The Hall–Kier alpha value is -2.69. The average molecular weight is 322 g/mol. The standard InChI is InChI=1S/C19H22N4O/c1-3-18-21-16-6-5-15(13-17(16)22-18)19(24)23(4-2)12-9-14-7-10-20-11-8-14/h5-8,10-11,13H,3-4,9,12H2,1-2H3,(H,21,22). The van der Waals surface area contributed by atoms with Gasteiger partial charge in [-0.25, -0.2) is 4.98 Å². The zero-order chi connectivity index (χ0) is 16.9. The number of benzene rings is 1. The van der Waals surface area contributed by atoms with E-state index in [0.29, 0.717) is 18.7 Å². The second-order valence-electron chi connectivity index (χ2n) is 5.76. The van der Waals surface area contributed by atoms with E-state index >= 15 is 0 Å². The minimum absolute atomic E-state index is 0.0566. The molecule has 0 spiro atoms. The number of hydrogen-bond acceptors (Lipinski definition) is 3. The normalized spacial score (nSPS) is 10.9. The number of imidazole rings is 1. The van der Waals surface area contributed by atoms with E-state index in [0.717, 1.165) is 29.7 Å². The number of hydrogen-bond donors (Lipinski definition) is 1. The first-order chi connectivity index (χ1) is 11.7. The SMILES string of the molecule is CCc1nc2ccc(C(=O)N(CC)CCc3ccncc3)cc2[nH]1. The Balaban J connectivity index is 1.75. The summed E-state index contributed by atoms with van der Waals surface area (Å²) in [6.45, 7) is 5.45. The average Bonchev–Trinajstić information content (AvgIpc) is 3.05. The molecule has 0 atom stereocenters. The van der Waals surface area contributed by atoms with E-state index in [-0.39, 0.29) is 5.91 Å². The Kier molecular flexibility index (Phi) is 4.89. The molecule has 1 N–H and O–H groups in total. The highest BCUT2D eigenvalue weighted by Gasteiger charge is 2.15. The van der Waals surface area contributed by atoms with Crippen LogP contribution in [0.4, 0.5) is 0 Å². The molecule has 0 radical (unpaired) electrons. The largest absolute Gasteiger partial charge is 0.342 e. The molecule has 24 heavy (non-hydrogen) atoms. The first-order valence-corrected chi connectivity index (χ1v) is 8.38. The third kappa shape index (κ3) is 3.45. The van der Waals surface area contributed by atoms with E-state index in [1.54, 1.807) is 12.4 Å². The maximum absolute atomic E-state index is 12.8. The van der Waals surface area contributed by atoms with Gasteiger partial charge in [0.15, 0.2) is 0 Å². The number of aryl methyl sites for hydroxylation is 1. The summed E-state index contributed by atoms with van der Waals surface area (Å²) in [6.07, 6.45) is 5.25. The van der Waals surface area contributed by atoms with Crippen LogP contribution in [0.25, 0.3) is 11.0 Å². The second-order valence-corrected chi connectivity index (χ2v) is 5.76. The molecule has 0 aliphatic rings. The molecule has 0 saturated heterocycles. The lowest BCUT2D eigenvalue weighted by molar-refractivity contribution is 0.0766. The van der Waals surface area contributed by atoms with Crippen LogP contribution in [0.15, 0.2) is 42.7 Å². The van der Waals surface area contributed by atoms with Crippen molar-refractivity contribution in [3.8, 4) is 0 Å². The van der Waals surface area contributed by atoms with E-state index < -0.39 is 0 Å². The molecule has 1 aromatic carbocycles. The van der Waals surface area contributed by atoms with Crippen molar-refractivity contribution in [3.05, 3.63) is 59.7 Å². The minimum atomic E-state index is 0.0566. The molecular weight excluding hydrogens is 300 g/mol. The third-order valence-corrected chi connectivity index (χ3v) is 4.20. The van der Waals surface area contributed by atoms with Crippen LogP contribution in [0.1, 0.15) is 35.6 Å². The second kappa shape index (κ2) is 7.25. The van der Waals surface area contributed by atoms with Gasteiger partial charge in [0.25, 0.3) is 5.91 Å². The highest BCUT2D eigenvalue weighted by Crippen LogP contribution is 2.16. The Morgan fingerprint density at radius 3 is 2.67 bits per heavy atom. The van der Waals surface area contributed by atoms with Crippen LogP contribution in [-0.2, 0) is 12.8 Å². The van der Waals surface area contributed by atoms with Crippen LogP contribution in [0, 0.1) is 0 Å². The number of aromatic nitrogens is 3. The number of fused-ring (bicyclic) bond motifs is 1. The Bertz CT molecular complexity index is 826. The maximum atomic E-state index is 12.8. The lowest BCUT2D eigenvalue weighted by Gasteiger charge is -2.21. The van der Waals surface area contributed by atoms with E-state index in [9.17, 15) is 4.79 Å². The Morgan fingerprint density at radius 1 is 1.17 bits per heavy atom. The number of pyridine rings is 1. The summed E-state index contributed by atoms with van der Waals surface area (Å²) in [6, 6.07) is 9.65. The summed E-state index contributed by atoms with van der Waals surface area (Å²) in [5, 5.41) is 0. The molecule has 0 fully saturated rings. The fraction of sp³-hybridized carbons (Fsp3) is 0.316. The lowest BCUT2D eigenvalue weighted by Crippen LogP contribution is -2.32. The first kappa shape index (κ1) is 16.2. The fourth-order valence-corrected chi connectivity index (χ4v) is 2.76. The minimum Gasteiger partial charge on any atom is -0.342 e. The summed E-state index contributed by atoms with van der Waals surface area (Å²) < 4.78 is 0. The third-order valence-electron chi connectivity index (χ3n) is 4.20. The van der Waals surface area contributed by atoms with Crippen LogP contribution in [0.2, 0.25) is 0 Å². The van der Waals surface area contributed by atoms with Crippen molar-refractivity contribution in [1.82, 2.24) is 19.9 Å². The van der Waals surface area contributed by atoms with Gasteiger partial charge in [-0.2, -0.15) is 0 Å². The van der Waals surface area contributed by atoms with E-state index in [4.69, 9.17) is 0 Å². The number of rotatable bonds is 6. The fourth-order valence-electron chi connectivity index (χ4n) is 2.76. The summed E-state index contributed by atoms with van der Waals surface area (Å²) in [5.74, 6) is 1.00. The number of aromatic amines is 1. The quantitative estimate of drug-likeness (QED) is 0.758. The van der Waals surface area contributed by atoms with Crippen molar-refractivity contribution in [2.45, 2.75) is 26.7 Å². The maximum Gasteiger partial charge on any atom is 0.253 e. The van der Waals surface area contributed by atoms with Crippen LogP contribution in [0.3, 0.4) is 0 Å².